The number of aryl methyl sites for hydroxylation is 1. The minimum absolute atomic E-state index is 0.00653. The normalized spacial score (nSPS) is 15.4. The van der Waals surface area contributed by atoms with E-state index < -0.39 is 0 Å². The van der Waals surface area contributed by atoms with E-state index >= 15 is 0 Å². The van der Waals surface area contributed by atoms with Crippen LogP contribution in [0.2, 0.25) is 5.02 Å². The molecule has 3 heterocycles. The first-order chi connectivity index (χ1) is 12.6. The maximum Gasteiger partial charge on any atom is 0.257 e. The Morgan fingerprint density at radius 3 is 2.62 bits per heavy atom. The van der Waals surface area contributed by atoms with E-state index in [0.717, 1.165) is 24.4 Å². The first-order valence-electron chi connectivity index (χ1n) is 8.63. The van der Waals surface area contributed by atoms with Crippen molar-refractivity contribution in [1.82, 2.24) is 19.5 Å². The van der Waals surface area contributed by atoms with Gasteiger partial charge in [-0.05, 0) is 43.3 Å². The van der Waals surface area contributed by atoms with Gasteiger partial charge in [-0.3, -0.25) is 9.20 Å². The molecule has 134 valence electrons. The number of likely N-dealkylation sites (tertiary alicyclic amines) is 1. The standard InChI is InChI=1S/C19H19ClN4O2/c1-13-21-22-18-17(3-2-10-24(13)18)19(25)23-11-8-16(9-12-23)26-15-6-4-14(20)5-7-15/h2-7,10,16H,8-9,11-12H2,1H3. The Morgan fingerprint density at radius 1 is 1.15 bits per heavy atom. The summed E-state index contributed by atoms with van der Waals surface area (Å²) in [5.41, 5.74) is 1.19. The topological polar surface area (TPSA) is 59.7 Å². The van der Waals surface area contributed by atoms with Gasteiger partial charge in [0.2, 0.25) is 0 Å². The fraction of sp³-hybridized carbons (Fsp3) is 0.316. The van der Waals surface area contributed by atoms with Crippen LogP contribution in [0.4, 0.5) is 0 Å². The minimum Gasteiger partial charge on any atom is -0.490 e. The fourth-order valence-corrected chi connectivity index (χ4v) is 3.38. The fourth-order valence-electron chi connectivity index (χ4n) is 3.25. The quantitative estimate of drug-likeness (QED) is 0.709. The lowest BCUT2D eigenvalue weighted by atomic mass is 10.1. The molecule has 0 bridgehead atoms. The van der Waals surface area contributed by atoms with Crippen LogP contribution >= 0.6 is 11.6 Å². The van der Waals surface area contributed by atoms with E-state index in [1.165, 1.54) is 0 Å². The monoisotopic (exact) mass is 370 g/mol. The van der Waals surface area contributed by atoms with Crippen molar-refractivity contribution < 1.29 is 9.53 Å². The first kappa shape index (κ1) is 16.8. The largest absolute Gasteiger partial charge is 0.490 e. The zero-order chi connectivity index (χ0) is 18.1. The number of amides is 1. The molecule has 6 nitrogen and oxygen atoms in total. The van der Waals surface area contributed by atoms with Gasteiger partial charge in [-0.25, -0.2) is 0 Å². The highest BCUT2D eigenvalue weighted by Crippen LogP contribution is 2.22. The number of carbonyl (C=O) groups excluding carboxylic acids is 1. The van der Waals surface area contributed by atoms with Gasteiger partial charge in [0.1, 0.15) is 17.7 Å². The van der Waals surface area contributed by atoms with Crippen molar-refractivity contribution in [3.63, 3.8) is 0 Å². The lowest BCUT2D eigenvalue weighted by Crippen LogP contribution is -2.42. The molecule has 1 saturated heterocycles. The second kappa shape index (κ2) is 6.96. The number of hydrogen-bond donors (Lipinski definition) is 0. The van der Waals surface area contributed by atoms with E-state index in [0.29, 0.717) is 29.3 Å². The molecule has 7 heteroatoms. The van der Waals surface area contributed by atoms with Gasteiger partial charge < -0.3 is 9.64 Å². The van der Waals surface area contributed by atoms with Crippen LogP contribution in [-0.2, 0) is 0 Å². The minimum atomic E-state index is -0.00653. The third kappa shape index (κ3) is 3.24. The molecule has 0 radical (unpaired) electrons. The van der Waals surface area contributed by atoms with E-state index in [1.807, 2.05) is 58.8 Å². The number of halogens is 1. The number of nitrogens with zero attached hydrogens (tertiary/aromatic N) is 4. The molecule has 3 aromatic rings. The second-order valence-electron chi connectivity index (χ2n) is 6.43. The number of rotatable bonds is 3. The molecular weight excluding hydrogens is 352 g/mol. The molecule has 0 saturated carbocycles. The van der Waals surface area contributed by atoms with Gasteiger partial charge in [-0.15, -0.1) is 10.2 Å². The van der Waals surface area contributed by atoms with Crippen molar-refractivity contribution in [2.75, 3.05) is 13.1 Å². The molecule has 0 N–H and O–H groups in total. The van der Waals surface area contributed by atoms with E-state index in [4.69, 9.17) is 16.3 Å². The molecule has 0 atom stereocenters. The van der Waals surface area contributed by atoms with Gasteiger partial charge in [-0.1, -0.05) is 11.6 Å². The molecule has 1 fully saturated rings. The number of hydrogen-bond acceptors (Lipinski definition) is 4. The van der Waals surface area contributed by atoms with Crippen LogP contribution < -0.4 is 4.74 Å². The number of aromatic nitrogens is 3. The second-order valence-corrected chi connectivity index (χ2v) is 6.86. The maximum absolute atomic E-state index is 12.9. The van der Waals surface area contributed by atoms with Crippen LogP contribution in [0.15, 0.2) is 42.6 Å². The summed E-state index contributed by atoms with van der Waals surface area (Å²) in [5.74, 6) is 1.57. The molecular formula is C19H19ClN4O2. The van der Waals surface area contributed by atoms with Gasteiger partial charge in [0.05, 0.1) is 5.56 Å². The van der Waals surface area contributed by atoms with Gasteiger partial charge >= 0.3 is 0 Å². The van der Waals surface area contributed by atoms with Crippen molar-refractivity contribution in [2.45, 2.75) is 25.9 Å². The molecule has 0 spiro atoms. The lowest BCUT2D eigenvalue weighted by molar-refractivity contribution is 0.0597. The number of pyridine rings is 1. The zero-order valence-corrected chi connectivity index (χ0v) is 15.2. The SMILES string of the molecule is Cc1nnc2c(C(=O)N3CCC(Oc4ccc(Cl)cc4)CC3)cccn12. The summed E-state index contributed by atoms with van der Waals surface area (Å²) in [7, 11) is 0. The molecule has 4 rings (SSSR count). The maximum atomic E-state index is 12.9. The van der Waals surface area contributed by atoms with Crippen LogP contribution in [0, 0.1) is 6.92 Å². The summed E-state index contributed by atoms with van der Waals surface area (Å²) < 4.78 is 7.83. The van der Waals surface area contributed by atoms with E-state index in [-0.39, 0.29) is 12.0 Å². The van der Waals surface area contributed by atoms with E-state index in [1.54, 1.807) is 0 Å². The van der Waals surface area contributed by atoms with Crippen LogP contribution in [-0.4, -0.2) is 44.6 Å². The van der Waals surface area contributed by atoms with Crippen LogP contribution in [0.5, 0.6) is 5.75 Å². The zero-order valence-electron chi connectivity index (χ0n) is 14.4. The Hall–Kier alpha value is -2.60. The van der Waals surface area contributed by atoms with Gasteiger partial charge in [-0.2, -0.15) is 0 Å². The number of ether oxygens (including phenoxy) is 1. The summed E-state index contributed by atoms with van der Waals surface area (Å²) in [6.07, 6.45) is 3.56. The highest BCUT2D eigenvalue weighted by molar-refractivity contribution is 6.30. The predicted molar refractivity (Wildman–Crippen MR) is 98.7 cm³/mol. The van der Waals surface area contributed by atoms with Crippen molar-refractivity contribution in [2.24, 2.45) is 0 Å². The van der Waals surface area contributed by atoms with Crippen molar-refractivity contribution in [3.05, 3.63) is 59.0 Å². The molecule has 26 heavy (non-hydrogen) atoms. The Morgan fingerprint density at radius 2 is 1.88 bits per heavy atom. The van der Waals surface area contributed by atoms with Gasteiger partial charge in [0.25, 0.3) is 5.91 Å². The molecule has 1 aromatic carbocycles. The number of fused-ring (bicyclic) bond motifs is 1. The number of benzene rings is 1. The summed E-state index contributed by atoms with van der Waals surface area (Å²) in [4.78, 5) is 14.8. The third-order valence-corrected chi connectivity index (χ3v) is 4.93. The molecule has 1 aliphatic heterocycles. The number of piperidine rings is 1. The summed E-state index contributed by atoms with van der Waals surface area (Å²) >= 11 is 5.90. The smallest absolute Gasteiger partial charge is 0.257 e. The van der Waals surface area contributed by atoms with Crippen LogP contribution in [0.25, 0.3) is 5.65 Å². The molecule has 2 aromatic heterocycles. The van der Waals surface area contributed by atoms with Crippen molar-refractivity contribution in [3.8, 4) is 5.75 Å². The van der Waals surface area contributed by atoms with Crippen molar-refractivity contribution in [1.29, 1.82) is 0 Å². The average molecular weight is 371 g/mol. The molecule has 0 unspecified atom stereocenters. The highest BCUT2D eigenvalue weighted by Gasteiger charge is 2.26. The first-order valence-corrected chi connectivity index (χ1v) is 9.01. The van der Waals surface area contributed by atoms with Crippen LogP contribution in [0.1, 0.15) is 29.0 Å². The predicted octanol–water partition coefficient (Wildman–Crippen LogP) is 3.37. The third-order valence-electron chi connectivity index (χ3n) is 4.68. The Labute approximate surface area is 156 Å². The summed E-state index contributed by atoms with van der Waals surface area (Å²) in [6.45, 7) is 3.18. The van der Waals surface area contributed by atoms with Gasteiger partial charge in [0, 0.05) is 37.2 Å². The number of carbonyl (C=O) groups is 1. The van der Waals surface area contributed by atoms with E-state index in [2.05, 4.69) is 10.2 Å². The Bertz CT molecular complexity index is 930. The Balaban J connectivity index is 1.42. The van der Waals surface area contributed by atoms with Gasteiger partial charge in [0.15, 0.2) is 5.65 Å². The average Bonchev–Trinajstić information content (AvgIpc) is 3.05. The summed E-state index contributed by atoms with van der Waals surface area (Å²) in [5, 5.41) is 8.89. The van der Waals surface area contributed by atoms with Crippen molar-refractivity contribution >= 4 is 23.2 Å². The van der Waals surface area contributed by atoms with Crippen LogP contribution in [0.3, 0.4) is 0 Å². The summed E-state index contributed by atoms with van der Waals surface area (Å²) in [6, 6.07) is 11.0. The lowest BCUT2D eigenvalue weighted by Gasteiger charge is -2.32. The van der Waals surface area contributed by atoms with E-state index in [9.17, 15) is 4.79 Å². The molecule has 1 aliphatic rings. The Kier molecular flexibility index (Phi) is 4.51. The molecule has 1 amide bonds. The molecule has 0 aliphatic carbocycles. The highest BCUT2D eigenvalue weighted by atomic mass is 35.5.